The van der Waals surface area contributed by atoms with Crippen LogP contribution in [0.5, 0.6) is 0 Å². The third-order valence-electron chi connectivity index (χ3n) is 6.52. The van der Waals surface area contributed by atoms with Gasteiger partial charge in [-0.05, 0) is 50.6 Å². The van der Waals surface area contributed by atoms with Gasteiger partial charge in [-0.3, -0.25) is 0 Å². The number of carboxylic acid groups (broad SMARTS) is 1. The van der Waals surface area contributed by atoms with E-state index in [0.29, 0.717) is 5.02 Å². The monoisotopic (exact) mass is 408 g/mol. The molecule has 0 amide bonds. The molecule has 2 aliphatic carbocycles. The van der Waals surface area contributed by atoms with Crippen LogP contribution in [0, 0.1) is 0 Å². The molecule has 6 rings (SSSR count). The van der Waals surface area contributed by atoms with Crippen molar-refractivity contribution in [1.82, 2.24) is 0 Å². The first-order valence-corrected chi connectivity index (χ1v) is 10.4. The van der Waals surface area contributed by atoms with Gasteiger partial charge >= 0.3 is 5.97 Å². The van der Waals surface area contributed by atoms with Gasteiger partial charge in [-0.25, -0.2) is 4.79 Å². The van der Waals surface area contributed by atoms with Gasteiger partial charge in [0.25, 0.3) is 0 Å². The topological polar surface area (TPSA) is 37.3 Å². The van der Waals surface area contributed by atoms with Crippen LogP contribution >= 0.6 is 11.6 Å². The summed E-state index contributed by atoms with van der Waals surface area (Å²) >= 11 is 6.44. The quantitative estimate of drug-likeness (QED) is 0.389. The van der Waals surface area contributed by atoms with Gasteiger partial charge in [-0.2, -0.15) is 0 Å². The van der Waals surface area contributed by atoms with Gasteiger partial charge in [-0.15, -0.1) is 0 Å². The van der Waals surface area contributed by atoms with Crippen molar-refractivity contribution < 1.29 is 9.90 Å². The fourth-order valence-electron chi connectivity index (χ4n) is 5.44. The van der Waals surface area contributed by atoms with Crippen LogP contribution in [-0.4, -0.2) is 11.1 Å². The van der Waals surface area contributed by atoms with Gasteiger partial charge in [0.15, 0.2) is 0 Å². The molecule has 0 heterocycles. The molecule has 1 atom stereocenters. The molecule has 0 aliphatic heterocycles. The highest BCUT2D eigenvalue weighted by molar-refractivity contribution is 6.34. The van der Waals surface area contributed by atoms with Crippen molar-refractivity contribution in [3.05, 3.63) is 118 Å². The maximum Gasteiger partial charge on any atom is 0.337 e. The van der Waals surface area contributed by atoms with Crippen molar-refractivity contribution in [3.63, 3.8) is 0 Å². The lowest BCUT2D eigenvalue weighted by molar-refractivity contribution is 0.0695. The molecule has 0 aromatic heterocycles. The first kappa shape index (κ1) is 17.5. The highest BCUT2D eigenvalue weighted by Gasteiger charge is 2.43. The summed E-state index contributed by atoms with van der Waals surface area (Å²) in [6.45, 7) is 0. The number of hydrogen-bond donors (Lipinski definition) is 1. The largest absolute Gasteiger partial charge is 0.478 e. The number of aromatic carboxylic acids is 1. The average molecular weight is 409 g/mol. The zero-order valence-electron chi connectivity index (χ0n) is 16.0. The minimum absolute atomic E-state index is 0.0383. The third-order valence-corrected chi connectivity index (χ3v) is 6.84. The van der Waals surface area contributed by atoms with Crippen molar-refractivity contribution in [2.24, 2.45) is 0 Å². The smallest absolute Gasteiger partial charge is 0.337 e. The van der Waals surface area contributed by atoms with E-state index in [1.54, 1.807) is 6.07 Å². The van der Waals surface area contributed by atoms with E-state index in [2.05, 4.69) is 60.7 Å². The van der Waals surface area contributed by atoms with Crippen molar-refractivity contribution in [3.8, 4) is 22.3 Å². The Morgan fingerprint density at radius 2 is 1.10 bits per heavy atom. The molecule has 4 aromatic carbocycles. The van der Waals surface area contributed by atoms with Crippen LogP contribution in [0.2, 0.25) is 5.02 Å². The Bertz CT molecular complexity index is 1310. The van der Waals surface area contributed by atoms with E-state index < -0.39 is 5.97 Å². The molecule has 0 spiro atoms. The Labute approximate surface area is 179 Å². The lowest BCUT2D eigenvalue weighted by Gasteiger charge is -2.25. The fraction of sp³-hybridized carbons (Fsp3) is 0.0741. The molecule has 0 saturated carbocycles. The highest BCUT2D eigenvalue weighted by atomic mass is 35.5. The van der Waals surface area contributed by atoms with Crippen molar-refractivity contribution in [2.45, 2.75) is 11.8 Å². The summed E-state index contributed by atoms with van der Waals surface area (Å²) in [6, 6.07) is 28.9. The number of carboxylic acids is 1. The zero-order chi connectivity index (χ0) is 20.4. The van der Waals surface area contributed by atoms with Gasteiger partial charge in [-0.1, -0.05) is 90.5 Å². The number of halogens is 1. The second-order valence-corrected chi connectivity index (χ2v) is 8.31. The van der Waals surface area contributed by atoms with E-state index in [9.17, 15) is 9.90 Å². The van der Waals surface area contributed by atoms with Gasteiger partial charge < -0.3 is 5.11 Å². The molecule has 0 radical (unpaired) electrons. The number of fused-ring (bicyclic) bond motifs is 6. The van der Waals surface area contributed by atoms with E-state index in [0.717, 1.165) is 22.3 Å². The highest BCUT2D eigenvalue weighted by Crippen LogP contribution is 2.59. The zero-order valence-corrected chi connectivity index (χ0v) is 16.7. The Balaban J connectivity index is 1.71. The molecule has 0 bridgehead atoms. The molecule has 4 aromatic rings. The van der Waals surface area contributed by atoms with Crippen LogP contribution in [-0.2, 0) is 0 Å². The van der Waals surface area contributed by atoms with Crippen LogP contribution < -0.4 is 0 Å². The van der Waals surface area contributed by atoms with Gasteiger partial charge in [0.05, 0.1) is 10.6 Å². The minimum atomic E-state index is -0.978. The van der Waals surface area contributed by atoms with Crippen LogP contribution in [0.3, 0.4) is 0 Å². The van der Waals surface area contributed by atoms with Crippen LogP contribution in [0.25, 0.3) is 22.3 Å². The predicted octanol–water partition coefficient (Wildman–Crippen LogP) is 6.96. The minimum Gasteiger partial charge on any atom is -0.478 e. The van der Waals surface area contributed by atoms with Gasteiger partial charge in [0, 0.05) is 11.8 Å². The Hall–Kier alpha value is -3.36. The van der Waals surface area contributed by atoms with E-state index in [1.165, 1.54) is 22.3 Å². The Kier molecular flexibility index (Phi) is 3.68. The summed E-state index contributed by atoms with van der Waals surface area (Å²) in [7, 11) is 0. The van der Waals surface area contributed by atoms with E-state index in [-0.39, 0.29) is 17.4 Å². The van der Waals surface area contributed by atoms with Crippen molar-refractivity contribution in [1.29, 1.82) is 0 Å². The summed E-state index contributed by atoms with van der Waals surface area (Å²) in [5.41, 5.74) is 9.20. The molecule has 0 fully saturated rings. The lowest BCUT2D eigenvalue weighted by atomic mass is 9.77. The molecule has 2 nitrogen and oxygen atoms in total. The second kappa shape index (κ2) is 6.32. The molecule has 2 aliphatic rings. The standard InChI is InChI=1S/C27H17ClO2/c28-22-14-13-21-17-9-3-6-12-20(17)24(25(21)26(22)27(29)30)23-18-10-4-1-7-15(18)16-8-2-5-11-19(16)23/h1-14,23-24H,(H,29,30). The van der Waals surface area contributed by atoms with Gasteiger partial charge in [0.2, 0.25) is 0 Å². The molecular weight excluding hydrogens is 392 g/mol. The number of hydrogen-bond acceptors (Lipinski definition) is 1. The van der Waals surface area contributed by atoms with Crippen LogP contribution in [0.15, 0.2) is 84.9 Å². The normalized spacial score (nSPS) is 16.0. The molecule has 1 N–H and O–H groups in total. The fourth-order valence-corrected chi connectivity index (χ4v) is 5.68. The summed E-state index contributed by atoms with van der Waals surface area (Å²) in [5.74, 6) is -1.05. The molecule has 3 heteroatoms. The Morgan fingerprint density at radius 3 is 1.63 bits per heavy atom. The summed E-state index contributed by atoms with van der Waals surface area (Å²) in [6.07, 6.45) is 0. The molecular formula is C27H17ClO2. The first-order chi connectivity index (χ1) is 14.7. The van der Waals surface area contributed by atoms with Crippen LogP contribution in [0.4, 0.5) is 0 Å². The molecule has 0 saturated heterocycles. The third kappa shape index (κ3) is 2.23. The number of rotatable bonds is 2. The number of carbonyl (C=O) groups is 1. The van der Waals surface area contributed by atoms with Crippen molar-refractivity contribution in [2.75, 3.05) is 0 Å². The van der Waals surface area contributed by atoms with Crippen LogP contribution in [0.1, 0.15) is 44.4 Å². The summed E-state index contributed by atoms with van der Waals surface area (Å²) in [4.78, 5) is 12.3. The molecule has 1 unspecified atom stereocenters. The lowest BCUT2D eigenvalue weighted by Crippen LogP contribution is -2.14. The van der Waals surface area contributed by atoms with Gasteiger partial charge in [0.1, 0.15) is 0 Å². The maximum atomic E-state index is 12.3. The molecule has 30 heavy (non-hydrogen) atoms. The first-order valence-electron chi connectivity index (χ1n) is 10.00. The number of benzene rings is 4. The second-order valence-electron chi connectivity index (χ2n) is 7.91. The maximum absolute atomic E-state index is 12.3. The van der Waals surface area contributed by atoms with E-state index in [4.69, 9.17) is 11.6 Å². The van der Waals surface area contributed by atoms with E-state index in [1.807, 2.05) is 18.2 Å². The molecule has 144 valence electrons. The average Bonchev–Trinajstić information content (AvgIpc) is 3.26. The summed E-state index contributed by atoms with van der Waals surface area (Å²) in [5, 5.41) is 10.4. The SMILES string of the molecule is O=C(O)c1c(Cl)ccc2c1C(C1c3ccccc3-c3ccccc31)c1ccccc1-2. The Morgan fingerprint density at radius 1 is 0.633 bits per heavy atom. The predicted molar refractivity (Wildman–Crippen MR) is 119 cm³/mol. The van der Waals surface area contributed by atoms with E-state index >= 15 is 0 Å². The summed E-state index contributed by atoms with van der Waals surface area (Å²) < 4.78 is 0. The van der Waals surface area contributed by atoms with Crippen molar-refractivity contribution >= 4 is 17.6 Å².